The van der Waals surface area contributed by atoms with Gasteiger partial charge in [-0.2, -0.15) is 13.2 Å². The van der Waals surface area contributed by atoms with Gasteiger partial charge in [-0.3, -0.25) is 4.79 Å². The van der Waals surface area contributed by atoms with Gasteiger partial charge < -0.3 is 16.0 Å². The van der Waals surface area contributed by atoms with E-state index in [2.05, 4.69) is 16.0 Å². The van der Waals surface area contributed by atoms with Gasteiger partial charge in [-0.25, -0.2) is 4.79 Å². The van der Waals surface area contributed by atoms with Crippen LogP contribution in [0, 0.1) is 0 Å². The Labute approximate surface area is 164 Å². The molecule has 9 heteroatoms. The number of carbonyl (C=O) groups excluding carboxylic acids is 2. The highest BCUT2D eigenvalue weighted by Gasteiger charge is 2.28. The van der Waals surface area contributed by atoms with E-state index in [1.165, 1.54) is 36.4 Å². The predicted molar refractivity (Wildman–Crippen MR) is 105 cm³/mol. The van der Waals surface area contributed by atoms with E-state index in [1.807, 2.05) is 0 Å². The summed E-state index contributed by atoms with van der Waals surface area (Å²) < 4.78 is 36.9. The predicted octanol–water partition coefficient (Wildman–Crippen LogP) is 5.09. The Kier molecular flexibility index (Phi) is 7.51. The van der Waals surface area contributed by atoms with Gasteiger partial charge in [0, 0.05) is 28.9 Å². The van der Waals surface area contributed by atoms with E-state index in [-0.39, 0.29) is 22.7 Å². The molecule has 0 fully saturated rings. The largest absolute Gasteiger partial charge is 0.446 e. The molecule has 0 unspecified atom stereocenters. The summed E-state index contributed by atoms with van der Waals surface area (Å²) in [5.74, 6) is -0.413. The Morgan fingerprint density at radius 1 is 1.04 bits per heavy atom. The van der Waals surface area contributed by atoms with Gasteiger partial charge in [-0.05, 0) is 60.7 Å². The fraction of sp³-hybridized carbons (Fsp3) is 0.158. The molecule has 2 rings (SSSR count). The van der Waals surface area contributed by atoms with Gasteiger partial charge in [0.1, 0.15) is 0 Å². The Morgan fingerprint density at radius 2 is 1.68 bits per heavy atom. The molecule has 0 aliphatic carbocycles. The monoisotopic (exact) mass is 409 g/mol. The van der Waals surface area contributed by atoms with E-state index in [0.29, 0.717) is 23.5 Å². The van der Waals surface area contributed by atoms with Crippen molar-refractivity contribution < 1.29 is 22.8 Å². The van der Waals surface area contributed by atoms with Crippen LogP contribution in [0.1, 0.15) is 12.5 Å². The van der Waals surface area contributed by atoms with E-state index in [1.54, 1.807) is 31.2 Å². The lowest BCUT2D eigenvalue weighted by atomic mass is 10.2. The van der Waals surface area contributed by atoms with Gasteiger partial charge in [0.2, 0.25) is 5.91 Å². The van der Waals surface area contributed by atoms with Gasteiger partial charge in [0.25, 0.3) is 0 Å². The molecular formula is C19H18F3N3O2S. The Bertz CT molecular complexity index is 852. The van der Waals surface area contributed by atoms with Crippen LogP contribution in [0.25, 0.3) is 6.08 Å². The lowest BCUT2D eigenvalue weighted by Gasteiger charge is -2.08. The number of carbonyl (C=O) groups is 2. The zero-order valence-corrected chi connectivity index (χ0v) is 15.7. The molecule has 28 heavy (non-hydrogen) atoms. The van der Waals surface area contributed by atoms with Crippen molar-refractivity contribution in [1.82, 2.24) is 5.32 Å². The highest BCUT2D eigenvalue weighted by Crippen LogP contribution is 2.36. The fourth-order valence-electron chi connectivity index (χ4n) is 2.15. The number of thioether (sulfide) groups is 1. The summed E-state index contributed by atoms with van der Waals surface area (Å²) in [5, 5.41) is 7.88. The van der Waals surface area contributed by atoms with Crippen molar-refractivity contribution in [2.75, 3.05) is 17.2 Å². The van der Waals surface area contributed by atoms with Crippen molar-refractivity contribution in [3.63, 3.8) is 0 Å². The van der Waals surface area contributed by atoms with Crippen molar-refractivity contribution in [1.29, 1.82) is 0 Å². The maximum atomic E-state index is 12.3. The van der Waals surface area contributed by atoms with Gasteiger partial charge in [-0.1, -0.05) is 18.2 Å². The minimum atomic E-state index is -4.34. The summed E-state index contributed by atoms with van der Waals surface area (Å²) in [6.07, 6.45) is 2.77. The molecule has 0 spiro atoms. The summed E-state index contributed by atoms with van der Waals surface area (Å²) in [7, 11) is 0. The summed E-state index contributed by atoms with van der Waals surface area (Å²) in [5.41, 5.74) is -2.74. The average Bonchev–Trinajstić information content (AvgIpc) is 2.60. The van der Waals surface area contributed by atoms with Gasteiger partial charge >= 0.3 is 11.5 Å². The van der Waals surface area contributed by atoms with Crippen molar-refractivity contribution in [3.05, 3.63) is 60.2 Å². The number of urea groups is 1. The molecule has 3 N–H and O–H groups in total. The molecule has 0 heterocycles. The first-order valence-electron chi connectivity index (χ1n) is 8.25. The summed E-state index contributed by atoms with van der Waals surface area (Å²) >= 11 is -0.194. The van der Waals surface area contributed by atoms with E-state index >= 15 is 0 Å². The van der Waals surface area contributed by atoms with Crippen LogP contribution in [0.3, 0.4) is 0 Å². The minimum Gasteiger partial charge on any atom is -0.338 e. The number of alkyl halides is 3. The van der Waals surface area contributed by atoms with E-state index < -0.39 is 11.4 Å². The molecule has 0 aromatic heterocycles. The second kappa shape index (κ2) is 9.84. The van der Waals surface area contributed by atoms with Crippen LogP contribution in [0.5, 0.6) is 0 Å². The molecule has 0 radical (unpaired) electrons. The molecule has 0 aliphatic heterocycles. The van der Waals surface area contributed by atoms with E-state index in [0.717, 1.165) is 0 Å². The average molecular weight is 409 g/mol. The normalized spacial score (nSPS) is 11.3. The smallest absolute Gasteiger partial charge is 0.338 e. The number of hydrogen-bond acceptors (Lipinski definition) is 3. The van der Waals surface area contributed by atoms with Crippen LogP contribution in [0.15, 0.2) is 59.5 Å². The maximum absolute atomic E-state index is 12.3. The second-order valence-corrected chi connectivity index (χ2v) is 6.64. The number of amides is 3. The van der Waals surface area contributed by atoms with Gasteiger partial charge in [-0.15, -0.1) is 0 Å². The molecule has 5 nitrogen and oxygen atoms in total. The van der Waals surface area contributed by atoms with Crippen LogP contribution in [-0.4, -0.2) is 24.0 Å². The molecule has 2 aromatic rings. The highest BCUT2D eigenvalue weighted by atomic mass is 32.2. The zero-order valence-electron chi connectivity index (χ0n) is 14.8. The lowest BCUT2D eigenvalue weighted by molar-refractivity contribution is -0.111. The lowest BCUT2D eigenvalue weighted by Crippen LogP contribution is -2.28. The van der Waals surface area contributed by atoms with Gasteiger partial charge in [0.15, 0.2) is 0 Å². The van der Waals surface area contributed by atoms with Crippen molar-refractivity contribution in [3.8, 4) is 0 Å². The molecule has 0 saturated heterocycles. The highest BCUT2D eigenvalue weighted by molar-refractivity contribution is 8.00. The number of hydrogen-bond donors (Lipinski definition) is 3. The first-order valence-corrected chi connectivity index (χ1v) is 9.06. The standard InChI is InChI=1S/C19H18F3N3O2S/c1-2-23-18(27)25-15-5-3-4-14(12-15)24-17(26)11-8-13-6-9-16(10-7-13)28-19(20,21)22/h3-12H,2H2,1H3,(H,24,26)(H2,23,25,27)/b11-8+. The molecule has 2 aromatic carbocycles. The second-order valence-electron chi connectivity index (χ2n) is 5.50. The summed E-state index contributed by atoms with van der Waals surface area (Å²) in [6, 6.07) is 11.9. The van der Waals surface area contributed by atoms with Gasteiger partial charge in [0.05, 0.1) is 0 Å². The topological polar surface area (TPSA) is 70.2 Å². The Morgan fingerprint density at radius 3 is 2.29 bits per heavy atom. The molecule has 0 atom stereocenters. The van der Waals surface area contributed by atoms with Crippen LogP contribution < -0.4 is 16.0 Å². The quantitative estimate of drug-likeness (QED) is 0.460. The number of halogens is 3. The first-order chi connectivity index (χ1) is 13.2. The first kappa shape index (κ1) is 21.4. The maximum Gasteiger partial charge on any atom is 0.446 e. The van der Waals surface area contributed by atoms with Crippen LogP contribution in [0.4, 0.5) is 29.3 Å². The minimum absolute atomic E-state index is 0.0746. The Balaban J connectivity index is 1.93. The molecule has 148 valence electrons. The molecule has 0 aliphatic rings. The number of benzene rings is 2. The summed E-state index contributed by atoms with van der Waals surface area (Å²) in [6.45, 7) is 2.29. The zero-order chi connectivity index (χ0) is 20.6. The summed E-state index contributed by atoms with van der Waals surface area (Å²) in [4.78, 5) is 23.6. The van der Waals surface area contributed by atoms with Crippen LogP contribution >= 0.6 is 11.8 Å². The SMILES string of the molecule is CCNC(=O)Nc1cccc(NC(=O)/C=C/c2ccc(SC(F)(F)F)cc2)c1. The fourth-order valence-corrected chi connectivity index (χ4v) is 2.69. The molecule has 3 amide bonds. The van der Waals surface area contributed by atoms with Crippen molar-refractivity contribution in [2.45, 2.75) is 17.3 Å². The molecule has 0 saturated carbocycles. The van der Waals surface area contributed by atoms with Crippen LogP contribution in [0.2, 0.25) is 0 Å². The van der Waals surface area contributed by atoms with Crippen molar-refractivity contribution in [2.24, 2.45) is 0 Å². The van der Waals surface area contributed by atoms with Crippen LogP contribution in [-0.2, 0) is 4.79 Å². The molecular weight excluding hydrogens is 391 g/mol. The number of anilines is 2. The molecule has 0 bridgehead atoms. The van der Waals surface area contributed by atoms with E-state index in [9.17, 15) is 22.8 Å². The number of rotatable bonds is 6. The number of nitrogens with one attached hydrogen (secondary N) is 3. The third-order valence-electron chi connectivity index (χ3n) is 3.27. The van der Waals surface area contributed by atoms with Crippen molar-refractivity contribution >= 4 is 41.2 Å². The third-order valence-corrected chi connectivity index (χ3v) is 4.01. The Hall–Kier alpha value is -2.94. The third kappa shape index (κ3) is 7.75. The van der Waals surface area contributed by atoms with E-state index in [4.69, 9.17) is 0 Å².